The Kier molecular flexibility index (Phi) is 23.9. The molecular weight excluding hydrogens is 562 g/mol. The Labute approximate surface area is 275 Å². The summed E-state index contributed by atoms with van der Waals surface area (Å²) in [5.74, 6) is -0.681. The van der Waals surface area contributed by atoms with Crippen LogP contribution in [0.15, 0.2) is 30.3 Å². The topological polar surface area (TPSA) is 96.5 Å². The first kappa shape index (κ1) is 40.5. The molecular formula is C38H67N3O4. The molecule has 0 radical (unpaired) electrons. The largest absolute Gasteiger partial charge is 0.445 e. The summed E-state index contributed by atoms with van der Waals surface area (Å²) in [6.07, 6.45) is 21.8. The summed E-state index contributed by atoms with van der Waals surface area (Å²) in [6.45, 7) is 10.9. The lowest BCUT2D eigenvalue weighted by Crippen LogP contribution is -2.57. The number of benzene rings is 1. The summed E-state index contributed by atoms with van der Waals surface area (Å²) >= 11 is 0. The van der Waals surface area contributed by atoms with Crippen molar-refractivity contribution in [3.05, 3.63) is 35.9 Å². The number of carbonyl (C=O) groups is 3. The molecule has 7 nitrogen and oxygen atoms in total. The lowest BCUT2D eigenvalue weighted by Gasteiger charge is -2.28. The van der Waals surface area contributed by atoms with E-state index in [1.165, 1.54) is 89.9 Å². The highest BCUT2D eigenvalue weighted by atomic mass is 16.5. The lowest BCUT2D eigenvalue weighted by molar-refractivity contribution is -0.131. The molecule has 0 saturated carbocycles. The first-order valence-corrected chi connectivity index (χ1v) is 18.4. The van der Waals surface area contributed by atoms with Crippen LogP contribution in [0, 0.1) is 11.8 Å². The third-order valence-electron chi connectivity index (χ3n) is 9.10. The molecule has 4 atom stereocenters. The molecule has 3 amide bonds. The van der Waals surface area contributed by atoms with Gasteiger partial charge in [-0.3, -0.25) is 9.59 Å². The van der Waals surface area contributed by atoms with Crippen LogP contribution in [0.1, 0.15) is 156 Å². The first-order chi connectivity index (χ1) is 21.8. The second-order valence-electron chi connectivity index (χ2n) is 13.0. The van der Waals surface area contributed by atoms with Crippen molar-refractivity contribution in [1.29, 1.82) is 0 Å². The van der Waals surface area contributed by atoms with Crippen molar-refractivity contribution < 1.29 is 19.1 Å². The van der Waals surface area contributed by atoms with E-state index >= 15 is 0 Å². The zero-order valence-corrected chi connectivity index (χ0v) is 29.5. The second-order valence-corrected chi connectivity index (χ2v) is 13.0. The highest BCUT2D eigenvalue weighted by Crippen LogP contribution is 2.15. The van der Waals surface area contributed by atoms with Gasteiger partial charge in [0.2, 0.25) is 11.8 Å². The highest BCUT2D eigenvalue weighted by molar-refractivity contribution is 5.91. The molecule has 0 aliphatic rings. The Hall–Kier alpha value is -2.57. The van der Waals surface area contributed by atoms with Crippen molar-refractivity contribution in [2.75, 3.05) is 6.54 Å². The maximum absolute atomic E-state index is 13.4. The van der Waals surface area contributed by atoms with Crippen molar-refractivity contribution in [3.63, 3.8) is 0 Å². The number of amides is 3. The molecule has 0 spiro atoms. The van der Waals surface area contributed by atoms with Crippen LogP contribution in [-0.4, -0.2) is 36.5 Å². The number of alkyl carbamates (subject to hydrolysis) is 1. The molecule has 258 valence electrons. The molecule has 45 heavy (non-hydrogen) atoms. The predicted molar refractivity (Wildman–Crippen MR) is 187 cm³/mol. The van der Waals surface area contributed by atoms with E-state index in [4.69, 9.17) is 4.74 Å². The van der Waals surface area contributed by atoms with E-state index in [0.29, 0.717) is 13.0 Å². The molecule has 1 aromatic rings. The molecule has 7 heteroatoms. The fourth-order valence-corrected chi connectivity index (χ4v) is 5.53. The summed E-state index contributed by atoms with van der Waals surface area (Å²) in [6, 6.07) is 7.97. The molecule has 3 N–H and O–H groups in total. The highest BCUT2D eigenvalue weighted by Gasteiger charge is 2.32. The van der Waals surface area contributed by atoms with Crippen LogP contribution in [0.3, 0.4) is 0 Å². The van der Waals surface area contributed by atoms with Crippen LogP contribution in [0.4, 0.5) is 4.79 Å². The van der Waals surface area contributed by atoms with Gasteiger partial charge >= 0.3 is 6.09 Å². The van der Waals surface area contributed by atoms with Gasteiger partial charge < -0.3 is 20.7 Å². The van der Waals surface area contributed by atoms with E-state index in [-0.39, 0.29) is 30.3 Å². The summed E-state index contributed by atoms with van der Waals surface area (Å²) in [7, 11) is 0. The third-order valence-corrected chi connectivity index (χ3v) is 9.10. The van der Waals surface area contributed by atoms with Gasteiger partial charge in [-0.05, 0) is 23.8 Å². The number of hydrogen-bond donors (Lipinski definition) is 3. The van der Waals surface area contributed by atoms with Gasteiger partial charge in [-0.25, -0.2) is 4.79 Å². The number of ether oxygens (including phenoxy) is 1. The molecule has 1 rings (SSSR count). The summed E-state index contributed by atoms with van der Waals surface area (Å²) in [5.41, 5.74) is 0.870. The fourth-order valence-electron chi connectivity index (χ4n) is 5.53. The molecule has 0 unspecified atom stereocenters. The van der Waals surface area contributed by atoms with Crippen LogP contribution < -0.4 is 16.0 Å². The van der Waals surface area contributed by atoms with Gasteiger partial charge in [-0.1, -0.05) is 174 Å². The SMILES string of the molecule is CCCCCCCCCCCCCCCCCCNC(=O)[C@@H](NC(=O)[C@@H](NC(=O)OCc1ccccc1)[C@@H](C)CC)[C@@H](C)CC. The quantitative estimate of drug-likeness (QED) is 0.0845. The van der Waals surface area contributed by atoms with Crippen LogP contribution in [0.25, 0.3) is 0 Å². The zero-order valence-electron chi connectivity index (χ0n) is 29.5. The van der Waals surface area contributed by atoms with E-state index in [1.807, 2.05) is 58.0 Å². The second kappa shape index (κ2) is 26.6. The predicted octanol–water partition coefficient (Wildman–Crippen LogP) is 9.24. The van der Waals surface area contributed by atoms with Crippen molar-refractivity contribution in [2.24, 2.45) is 11.8 Å². The Bertz CT molecular complexity index is 894. The van der Waals surface area contributed by atoms with Crippen LogP contribution in [-0.2, 0) is 20.9 Å². The van der Waals surface area contributed by atoms with Gasteiger partial charge in [0.1, 0.15) is 18.7 Å². The molecule has 0 aliphatic carbocycles. The Balaban J connectivity index is 2.32. The Morgan fingerprint density at radius 2 is 1.04 bits per heavy atom. The Morgan fingerprint density at radius 1 is 0.600 bits per heavy atom. The maximum atomic E-state index is 13.4. The summed E-state index contributed by atoms with van der Waals surface area (Å²) in [5, 5.41) is 8.73. The van der Waals surface area contributed by atoms with Gasteiger partial charge in [0, 0.05) is 6.54 Å². The van der Waals surface area contributed by atoms with Gasteiger partial charge in [-0.2, -0.15) is 0 Å². The maximum Gasteiger partial charge on any atom is 0.408 e. The van der Waals surface area contributed by atoms with E-state index in [1.54, 1.807) is 0 Å². The summed E-state index contributed by atoms with van der Waals surface area (Å²) < 4.78 is 5.36. The van der Waals surface area contributed by atoms with E-state index < -0.39 is 18.2 Å². The summed E-state index contributed by atoms with van der Waals surface area (Å²) in [4.78, 5) is 39.1. The van der Waals surface area contributed by atoms with Crippen LogP contribution in [0.5, 0.6) is 0 Å². The van der Waals surface area contributed by atoms with Crippen molar-refractivity contribution >= 4 is 17.9 Å². The fraction of sp³-hybridized carbons (Fsp3) is 0.763. The van der Waals surface area contributed by atoms with Crippen molar-refractivity contribution in [3.8, 4) is 0 Å². The molecule has 0 saturated heterocycles. The van der Waals surface area contributed by atoms with E-state index in [2.05, 4.69) is 22.9 Å². The Morgan fingerprint density at radius 3 is 1.51 bits per heavy atom. The minimum atomic E-state index is -0.794. The number of carbonyl (C=O) groups excluding carboxylic acids is 3. The molecule has 1 aromatic carbocycles. The average Bonchev–Trinajstić information content (AvgIpc) is 3.06. The minimum Gasteiger partial charge on any atom is -0.445 e. The van der Waals surface area contributed by atoms with Crippen molar-refractivity contribution in [1.82, 2.24) is 16.0 Å². The number of unbranched alkanes of at least 4 members (excludes halogenated alkanes) is 15. The monoisotopic (exact) mass is 630 g/mol. The molecule has 0 fully saturated rings. The number of rotatable bonds is 27. The van der Waals surface area contributed by atoms with Gasteiger partial charge in [0.05, 0.1) is 0 Å². The number of nitrogens with one attached hydrogen (secondary N) is 3. The van der Waals surface area contributed by atoms with Gasteiger partial charge in [-0.15, -0.1) is 0 Å². The number of hydrogen-bond acceptors (Lipinski definition) is 4. The average molecular weight is 630 g/mol. The molecule has 0 aromatic heterocycles. The van der Waals surface area contributed by atoms with Crippen LogP contribution in [0.2, 0.25) is 0 Å². The smallest absolute Gasteiger partial charge is 0.408 e. The lowest BCUT2D eigenvalue weighted by atomic mass is 9.95. The normalized spacial score (nSPS) is 13.8. The van der Waals surface area contributed by atoms with E-state index in [0.717, 1.165) is 24.8 Å². The third kappa shape index (κ3) is 19.5. The molecule has 0 bridgehead atoms. The minimum absolute atomic E-state index is 0.0395. The van der Waals surface area contributed by atoms with Gasteiger partial charge in [0.15, 0.2) is 0 Å². The standard InChI is InChI=1S/C38H67N3O4/c1-6-9-10-11-12-13-14-15-16-17-18-19-20-21-22-26-29-39-36(42)34(31(4)7-2)40-37(43)35(32(5)8-3)41-38(44)45-30-33-27-24-23-25-28-33/h23-25,27-28,31-32,34-35H,6-22,26,29-30H2,1-5H3,(H,39,42)(H,40,43)(H,41,44)/t31-,32-,34-,35-/m0/s1. The molecule has 0 heterocycles. The van der Waals surface area contributed by atoms with Crippen molar-refractivity contribution in [2.45, 2.75) is 169 Å². The molecule has 0 aliphatic heterocycles. The zero-order chi connectivity index (χ0) is 33.1. The first-order valence-electron chi connectivity index (χ1n) is 18.4. The van der Waals surface area contributed by atoms with Gasteiger partial charge in [0.25, 0.3) is 0 Å². The van der Waals surface area contributed by atoms with E-state index in [9.17, 15) is 14.4 Å². The van der Waals surface area contributed by atoms with Crippen LogP contribution >= 0.6 is 0 Å².